The second-order valence-electron chi connectivity index (χ2n) is 5.69. The molecule has 3 aromatic heterocycles. The number of carbonyl (C=O) groups is 1. The number of hydrogen-bond donors (Lipinski definition) is 2. The summed E-state index contributed by atoms with van der Waals surface area (Å²) in [4.78, 5) is 17.6. The van der Waals surface area contributed by atoms with Gasteiger partial charge in [0.2, 0.25) is 5.91 Å². The number of fused-ring (bicyclic) bond motifs is 1. The first-order valence-electron chi connectivity index (χ1n) is 7.96. The fraction of sp³-hybridized carbons (Fsp3) is 0.176. The number of carbonyl (C=O) groups excluding carboxylic acids is 1. The van der Waals surface area contributed by atoms with Crippen LogP contribution in [0.15, 0.2) is 40.1 Å². The minimum Gasteiger partial charge on any atom is -0.441 e. The molecule has 4 aromatic rings. The quantitative estimate of drug-likeness (QED) is 0.504. The highest BCUT2D eigenvalue weighted by atomic mass is 32.1. The molecule has 0 radical (unpaired) electrons. The maximum absolute atomic E-state index is 12.3. The molecular weight excluding hydrogens is 370 g/mol. The van der Waals surface area contributed by atoms with Crippen molar-refractivity contribution in [2.24, 2.45) is 0 Å². The molecule has 0 atom stereocenters. The first-order valence-corrected chi connectivity index (χ1v) is 9.25. The van der Waals surface area contributed by atoms with Crippen molar-refractivity contribution in [3.63, 3.8) is 0 Å². The number of nitrogens with zero attached hydrogens (tertiary/aromatic N) is 3. The van der Waals surface area contributed by atoms with Crippen LogP contribution < -0.4 is 5.32 Å². The zero-order valence-corrected chi connectivity index (χ0v) is 15.5. The molecule has 1 amide bonds. The Morgan fingerprint density at radius 1 is 1.42 bits per heavy atom. The predicted octanol–water partition coefficient (Wildman–Crippen LogP) is 4.15. The number of rotatable bonds is 5. The fourth-order valence-corrected chi connectivity index (χ4v) is 3.62. The molecule has 9 heteroatoms. The Kier molecular flexibility index (Phi) is 4.39. The molecule has 7 nitrogen and oxygen atoms in total. The number of aromatic amines is 1. The second-order valence-corrected chi connectivity index (χ2v) is 7.03. The zero-order chi connectivity index (χ0) is 18.1. The number of aromatic nitrogens is 4. The van der Waals surface area contributed by atoms with Crippen molar-refractivity contribution < 1.29 is 9.21 Å². The summed E-state index contributed by atoms with van der Waals surface area (Å²) in [6, 6.07) is 9.33. The Bertz CT molecular complexity index is 1120. The molecule has 1 aromatic carbocycles. The third kappa shape index (κ3) is 3.31. The van der Waals surface area contributed by atoms with Crippen molar-refractivity contribution in [1.29, 1.82) is 0 Å². The van der Waals surface area contributed by atoms with Gasteiger partial charge in [-0.2, -0.15) is 5.10 Å². The van der Waals surface area contributed by atoms with E-state index >= 15 is 0 Å². The standard InChI is InChI=1S/C17H15N5O2S2/c1-10-18-12-5-4-11(9-13(12)24-10)19-15(23)6-7-22-16(20-21-17(22)25)14-3-2-8-26-14/h2-5,8-9H,6-7H2,1H3,(H,19,23)(H,21,25). The predicted molar refractivity (Wildman–Crippen MR) is 103 cm³/mol. The van der Waals surface area contributed by atoms with Crippen LogP contribution in [-0.4, -0.2) is 25.7 Å². The molecule has 0 saturated carbocycles. The van der Waals surface area contributed by atoms with Crippen LogP contribution in [-0.2, 0) is 11.3 Å². The SMILES string of the molecule is Cc1nc2ccc(NC(=O)CCn3c(-c4cccs4)n[nH]c3=S)cc2o1. The van der Waals surface area contributed by atoms with Gasteiger partial charge in [-0.3, -0.25) is 14.5 Å². The van der Waals surface area contributed by atoms with E-state index in [1.165, 1.54) is 0 Å². The highest BCUT2D eigenvalue weighted by Gasteiger charge is 2.12. The number of thiophene rings is 1. The van der Waals surface area contributed by atoms with Gasteiger partial charge in [-0.05, 0) is 35.8 Å². The molecule has 132 valence electrons. The topological polar surface area (TPSA) is 88.7 Å². The Hall–Kier alpha value is -2.78. The van der Waals surface area contributed by atoms with Gasteiger partial charge in [0.05, 0.1) is 4.88 Å². The van der Waals surface area contributed by atoms with E-state index in [2.05, 4.69) is 20.5 Å². The van der Waals surface area contributed by atoms with Gasteiger partial charge in [-0.1, -0.05) is 6.07 Å². The highest BCUT2D eigenvalue weighted by Crippen LogP contribution is 2.23. The van der Waals surface area contributed by atoms with E-state index in [1.54, 1.807) is 24.3 Å². The summed E-state index contributed by atoms with van der Waals surface area (Å²) in [5.41, 5.74) is 2.09. The minimum atomic E-state index is -0.110. The van der Waals surface area contributed by atoms with E-state index < -0.39 is 0 Å². The van der Waals surface area contributed by atoms with Gasteiger partial charge in [-0.25, -0.2) is 4.98 Å². The van der Waals surface area contributed by atoms with E-state index in [4.69, 9.17) is 16.6 Å². The van der Waals surface area contributed by atoms with Crippen molar-refractivity contribution in [3.8, 4) is 10.7 Å². The highest BCUT2D eigenvalue weighted by molar-refractivity contribution is 7.71. The lowest BCUT2D eigenvalue weighted by Gasteiger charge is -2.07. The van der Waals surface area contributed by atoms with E-state index in [0.717, 1.165) is 16.2 Å². The van der Waals surface area contributed by atoms with Crippen molar-refractivity contribution in [2.75, 3.05) is 5.32 Å². The van der Waals surface area contributed by atoms with Crippen LogP contribution in [0.4, 0.5) is 5.69 Å². The lowest BCUT2D eigenvalue weighted by Crippen LogP contribution is -2.15. The number of amides is 1. The molecule has 0 spiro atoms. The maximum Gasteiger partial charge on any atom is 0.226 e. The molecule has 2 N–H and O–H groups in total. The van der Waals surface area contributed by atoms with E-state index in [-0.39, 0.29) is 12.3 Å². The normalized spacial score (nSPS) is 11.1. The second kappa shape index (κ2) is 6.85. The van der Waals surface area contributed by atoms with Crippen LogP contribution in [0.5, 0.6) is 0 Å². The summed E-state index contributed by atoms with van der Waals surface area (Å²) in [6.45, 7) is 2.23. The van der Waals surface area contributed by atoms with Gasteiger partial charge in [0.25, 0.3) is 0 Å². The van der Waals surface area contributed by atoms with Crippen molar-refractivity contribution >= 4 is 46.2 Å². The summed E-state index contributed by atoms with van der Waals surface area (Å²) in [5.74, 6) is 1.23. The first kappa shape index (κ1) is 16.7. The Morgan fingerprint density at radius 2 is 2.31 bits per heavy atom. The molecule has 4 rings (SSSR count). The molecule has 0 aliphatic rings. The lowest BCUT2D eigenvalue weighted by molar-refractivity contribution is -0.116. The fourth-order valence-electron chi connectivity index (χ4n) is 2.67. The average Bonchev–Trinajstić information content (AvgIpc) is 3.32. The largest absolute Gasteiger partial charge is 0.441 e. The van der Waals surface area contributed by atoms with Crippen molar-refractivity contribution in [2.45, 2.75) is 19.9 Å². The first-order chi connectivity index (χ1) is 12.6. The summed E-state index contributed by atoms with van der Waals surface area (Å²) in [7, 11) is 0. The van der Waals surface area contributed by atoms with Gasteiger partial charge in [0, 0.05) is 31.6 Å². The van der Waals surface area contributed by atoms with Crippen LogP contribution in [0.1, 0.15) is 12.3 Å². The number of H-pyrrole nitrogens is 1. The summed E-state index contributed by atoms with van der Waals surface area (Å²) < 4.78 is 7.83. The average molecular weight is 385 g/mol. The van der Waals surface area contributed by atoms with Gasteiger partial charge >= 0.3 is 0 Å². The number of benzene rings is 1. The van der Waals surface area contributed by atoms with Gasteiger partial charge in [0.1, 0.15) is 5.52 Å². The van der Waals surface area contributed by atoms with Crippen LogP contribution in [0.25, 0.3) is 21.8 Å². The summed E-state index contributed by atoms with van der Waals surface area (Å²) >= 11 is 6.86. The number of hydrogen-bond acceptors (Lipinski definition) is 6. The van der Waals surface area contributed by atoms with Crippen molar-refractivity contribution in [3.05, 3.63) is 46.4 Å². The van der Waals surface area contributed by atoms with E-state index in [9.17, 15) is 4.79 Å². The van der Waals surface area contributed by atoms with Crippen LogP contribution >= 0.6 is 23.6 Å². The van der Waals surface area contributed by atoms with Crippen molar-refractivity contribution in [1.82, 2.24) is 19.7 Å². The molecule has 0 saturated heterocycles. The Morgan fingerprint density at radius 3 is 3.12 bits per heavy atom. The molecule has 0 aliphatic carbocycles. The molecule has 0 fully saturated rings. The number of anilines is 1. The third-order valence-corrected chi connectivity index (χ3v) is 5.02. The van der Waals surface area contributed by atoms with Crippen LogP contribution in [0.2, 0.25) is 0 Å². The number of nitrogens with one attached hydrogen (secondary N) is 2. The van der Waals surface area contributed by atoms with Gasteiger partial charge < -0.3 is 9.73 Å². The molecule has 0 bridgehead atoms. The monoisotopic (exact) mass is 385 g/mol. The number of oxazole rings is 1. The molecular formula is C17H15N5O2S2. The summed E-state index contributed by atoms with van der Waals surface area (Å²) in [6.07, 6.45) is 0.277. The molecule has 0 unspecified atom stereocenters. The smallest absolute Gasteiger partial charge is 0.226 e. The third-order valence-electron chi connectivity index (χ3n) is 3.84. The molecule has 26 heavy (non-hydrogen) atoms. The molecule has 3 heterocycles. The van der Waals surface area contributed by atoms with Gasteiger partial charge in [-0.15, -0.1) is 11.3 Å². The molecule has 0 aliphatic heterocycles. The van der Waals surface area contributed by atoms with Crippen LogP contribution in [0, 0.1) is 11.7 Å². The van der Waals surface area contributed by atoms with Gasteiger partial charge in [0.15, 0.2) is 22.1 Å². The minimum absolute atomic E-state index is 0.110. The van der Waals surface area contributed by atoms with Crippen LogP contribution in [0.3, 0.4) is 0 Å². The Labute approximate surface area is 157 Å². The number of aryl methyl sites for hydroxylation is 1. The maximum atomic E-state index is 12.3. The Balaban J connectivity index is 1.45. The van der Waals surface area contributed by atoms with E-state index in [0.29, 0.717) is 28.5 Å². The lowest BCUT2D eigenvalue weighted by atomic mass is 10.2. The zero-order valence-electron chi connectivity index (χ0n) is 13.9. The van der Waals surface area contributed by atoms with E-state index in [1.807, 2.05) is 34.2 Å². The summed E-state index contributed by atoms with van der Waals surface area (Å²) in [5, 5.41) is 11.9.